The van der Waals surface area contributed by atoms with Gasteiger partial charge < -0.3 is 15.7 Å². The summed E-state index contributed by atoms with van der Waals surface area (Å²) in [5.74, 6) is -1.49. The van der Waals surface area contributed by atoms with Crippen LogP contribution in [0.15, 0.2) is 24.3 Å². The minimum Gasteiger partial charge on any atom is -0.478 e. The van der Waals surface area contributed by atoms with Crippen molar-refractivity contribution in [3.63, 3.8) is 0 Å². The van der Waals surface area contributed by atoms with Crippen LogP contribution >= 0.6 is 11.6 Å². The molecule has 1 aliphatic rings. The number of aliphatic carboxylic acids is 1. The van der Waals surface area contributed by atoms with Gasteiger partial charge in [-0.2, -0.15) is 0 Å². The highest BCUT2D eigenvalue weighted by Crippen LogP contribution is 2.19. The Morgan fingerprint density at radius 2 is 2.19 bits per heavy atom. The molecule has 0 saturated carbocycles. The van der Waals surface area contributed by atoms with Crippen LogP contribution in [0.3, 0.4) is 0 Å². The van der Waals surface area contributed by atoms with Crippen molar-refractivity contribution in [3.8, 4) is 0 Å². The summed E-state index contributed by atoms with van der Waals surface area (Å²) in [6.45, 7) is 0.414. The molecule has 1 fully saturated rings. The molecular weight excluding hydrogens is 296 g/mol. The van der Waals surface area contributed by atoms with Gasteiger partial charge in [0.1, 0.15) is 0 Å². The number of hydrogen-bond donors (Lipinski definition) is 3. The van der Waals surface area contributed by atoms with Gasteiger partial charge in [-0.3, -0.25) is 9.59 Å². The molecule has 2 rings (SSSR count). The average Bonchev–Trinajstić information content (AvgIpc) is 2.82. The Hall–Kier alpha value is -2.34. The van der Waals surface area contributed by atoms with Crippen molar-refractivity contribution in [2.45, 2.75) is 12.5 Å². The molecule has 1 heterocycles. The van der Waals surface area contributed by atoms with E-state index in [0.29, 0.717) is 17.7 Å². The van der Waals surface area contributed by atoms with Gasteiger partial charge in [0.2, 0.25) is 5.91 Å². The fraction of sp³-hybridized carbons (Fsp3) is 0.214. The second-order valence-electron chi connectivity index (χ2n) is 4.59. The Morgan fingerprint density at radius 1 is 1.43 bits per heavy atom. The highest BCUT2D eigenvalue weighted by atomic mass is 35.5. The Labute approximate surface area is 125 Å². The largest absolute Gasteiger partial charge is 0.478 e. The van der Waals surface area contributed by atoms with Gasteiger partial charge in [0.25, 0.3) is 5.91 Å². The number of nitrogens with one attached hydrogen (secondary N) is 2. The second-order valence-corrected chi connectivity index (χ2v) is 4.99. The van der Waals surface area contributed by atoms with Gasteiger partial charge in [-0.25, -0.2) is 4.79 Å². The summed E-state index contributed by atoms with van der Waals surface area (Å²) in [5, 5.41) is 14.2. The Kier molecular flexibility index (Phi) is 4.59. The number of carbonyl (C=O) groups is 3. The Morgan fingerprint density at radius 3 is 2.76 bits per heavy atom. The van der Waals surface area contributed by atoms with Gasteiger partial charge in [-0.1, -0.05) is 17.7 Å². The molecular formula is C14H13ClN2O4. The van der Waals surface area contributed by atoms with Gasteiger partial charge in [0, 0.05) is 29.6 Å². The molecule has 1 atom stereocenters. The second kappa shape index (κ2) is 6.41. The van der Waals surface area contributed by atoms with Crippen LogP contribution in [-0.4, -0.2) is 35.5 Å². The molecule has 1 unspecified atom stereocenters. The first-order valence-corrected chi connectivity index (χ1v) is 6.61. The summed E-state index contributed by atoms with van der Waals surface area (Å²) in [4.78, 5) is 33.5. The highest BCUT2D eigenvalue weighted by Gasteiger charge is 2.23. The molecule has 2 amide bonds. The lowest BCUT2D eigenvalue weighted by Gasteiger charge is -2.11. The maximum Gasteiger partial charge on any atom is 0.328 e. The topological polar surface area (TPSA) is 95.5 Å². The third-order valence-electron chi connectivity index (χ3n) is 2.98. The quantitative estimate of drug-likeness (QED) is 0.725. The van der Waals surface area contributed by atoms with E-state index in [0.717, 1.165) is 6.08 Å². The predicted octanol–water partition coefficient (Wildman–Crippen LogP) is 1.06. The van der Waals surface area contributed by atoms with Gasteiger partial charge in [0.05, 0.1) is 6.04 Å². The molecule has 0 aromatic heterocycles. The zero-order chi connectivity index (χ0) is 15.4. The van der Waals surface area contributed by atoms with Crippen molar-refractivity contribution >= 4 is 35.5 Å². The van der Waals surface area contributed by atoms with Crippen molar-refractivity contribution < 1.29 is 19.5 Å². The van der Waals surface area contributed by atoms with E-state index >= 15 is 0 Å². The van der Waals surface area contributed by atoms with E-state index in [2.05, 4.69) is 10.6 Å². The SMILES string of the molecule is O=C(O)/C=C/c1ccc(C(=O)NC2CNC(=O)C2)cc1Cl. The summed E-state index contributed by atoms with van der Waals surface area (Å²) in [6.07, 6.45) is 2.58. The number of benzene rings is 1. The summed E-state index contributed by atoms with van der Waals surface area (Å²) in [5.41, 5.74) is 0.861. The summed E-state index contributed by atoms with van der Waals surface area (Å²) in [7, 11) is 0. The molecule has 1 aliphatic heterocycles. The van der Waals surface area contributed by atoms with Crippen LogP contribution in [0.1, 0.15) is 22.3 Å². The monoisotopic (exact) mass is 308 g/mol. The van der Waals surface area contributed by atoms with E-state index in [1.807, 2.05) is 0 Å². The first kappa shape index (κ1) is 15.1. The van der Waals surface area contributed by atoms with Gasteiger partial charge in [-0.15, -0.1) is 0 Å². The third kappa shape index (κ3) is 4.06. The van der Waals surface area contributed by atoms with E-state index in [-0.39, 0.29) is 29.3 Å². The van der Waals surface area contributed by atoms with E-state index in [4.69, 9.17) is 16.7 Å². The van der Waals surface area contributed by atoms with Crippen LogP contribution in [0, 0.1) is 0 Å². The fourth-order valence-electron chi connectivity index (χ4n) is 1.94. The number of amides is 2. The Bertz CT molecular complexity index is 627. The first-order valence-electron chi connectivity index (χ1n) is 6.24. The van der Waals surface area contributed by atoms with E-state index in [1.165, 1.54) is 12.1 Å². The van der Waals surface area contributed by atoms with E-state index in [1.54, 1.807) is 12.1 Å². The predicted molar refractivity (Wildman–Crippen MR) is 77.0 cm³/mol. The average molecular weight is 309 g/mol. The van der Waals surface area contributed by atoms with Gasteiger partial charge in [0.15, 0.2) is 0 Å². The van der Waals surface area contributed by atoms with Gasteiger partial charge in [-0.05, 0) is 23.8 Å². The molecule has 7 heteroatoms. The molecule has 3 N–H and O–H groups in total. The zero-order valence-electron chi connectivity index (χ0n) is 10.9. The molecule has 1 aromatic carbocycles. The molecule has 110 valence electrons. The molecule has 0 bridgehead atoms. The van der Waals surface area contributed by atoms with Gasteiger partial charge >= 0.3 is 5.97 Å². The molecule has 0 spiro atoms. The van der Waals surface area contributed by atoms with Crippen LogP contribution in [0.2, 0.25) is 5.02 Å². The number of carboxylic acids is 1. The maximum absolute atomic E-state index is 12.0. The zero-order valence-corrected chi connectivity index (χ0v) is 11.7. The lowest BCUT2D eigenvalue weighted by Crippen LogP contribution is -2.36. The fourth-order valence-corrected chi connectivity index (χ4v) is 2.18. The van der Waals surface area contributed by atoms with Crippen molar-refractivity contribution in [1.29, 1.82) is 0 Å². The van der Waals surface area contributed by atoms with Crippen molar-refractivity contribution in [2.75, 3.05) is 6.54 Å². The Balaban J connectivity index is 2.07. The van der Waals surface area contributed by atoms with Crippen LogP contribution in [0.25, 0.3) is 6.08 Å². The molecule has 0 aliphatic carbocycles. The van der Waals surface area contributed by atoms with Crippen molar-refractivity contribution in [2.24, 2.45) is 0 Å². The normalized spacial score (nSPS) is 17.8. The summed E-state index contributed by atoms with van der Waals surface area (Å²) >= 11 is 6.01. The van der Waals surface area contributed by atoms with Crippen LogP contribution in [0.4, 0.5) is 0 Å². The first-order chi connectivity index (χ1) is 9.95. The summed E-state index contributed by atoms with van der Waals surface area (Å²) in [6, 6.07) is 4.35. The van der Waals surface area contributed by atoms with E-state index < -0.39 is 5.97 Å². The van der Waals surface area contributed by atoms with Crippen LogP contribution in [-0.2, 0) is 9.59 Å². The number of hydrogen-bond acceptors (Lipinski definition) is 3. The van der Waals surface area contributed by atoms with Crippen LogP contribution < -0.4 is 10.6 Å². The molecule has 1 aromatic rings. The van der Waals surface area contributed by atoms with E-state index in [9.17, 15) is 14.4 Å². The number of carbonyl (C=O) groups excluding carboxylic acids is 2. The minimum absolute atomic E-state index is 0.0903. The highest BCUT2D eigenvalue weighted by molar-refractivity contribution is 6.32. The maximum atomic E-state index is 12.0. The lowest BCUT2D eigenvalue weighted by atomic mass is 10.1. The van der Waals surface area contributed by atoms with Crippen LogP contribution in [0.5, 0.6) is 0 Å². The smallest absolute Gasteiger partial charge is 0.328 e. The third-order valence-corrected chi connectivity index (χ3v) is 3.31. The standard InChI is InChI=1S/C14H13ClN2O4/c15-11-5-9(2-1-8(11)3-4-13(19)20)14(21)17-10-6-12(18)16-7-10/h1-5,10H,6-7H2,(H,16,18)(H,17,21)(H,19,20)/b4-3+. The summed E-state index contributed by atoms with van der Waals surface area (Å²) < 4.78 is 0. The number of rotatable bonds is 4. The molecule has 1 saturated heterocycles. The molecule has 6 nitrogen and oxygen atoms in total. The number of carboxylic acid groups (broad SMARTS) is 1. The molecule has 0 radical (unpaired) electrons. The number of halogens is 1. The lowest BCUT2D eigenvalue weighted by molar-refractivity contribution is -0.131. The van der Waals surface area contributed by atoms with Crippen molar-refractivity contribution in [3.05, 3.63) is 40.4 Å². The minimum atomic E-state index is -1.08. The molecule has 21 heavy (non-hydrogen) atoms. The van der Waals surface area contributed by atoms with Crippen molar-refractivity contribution in [1.82, 2.24) is 10.6 Å².